The Morgan fingerprint density at radius 3 is 1.34 bits per heavy atom. The van der Waals surface area contributed by atoms with Crippen LogP contribution in [0.1, 0.15) is 51.7 Å². The van der Waals surface area contributed by atoms with Crippen molar-refractivity contribution < 1.29 is 28.5 Å². The number of benzene rings is 2. The van der Waals surface area contributed by atoms with Crippen molar-refractivity contribution in [2.75, 3.05) is 26.4 Å². The molecule has 0 N–H and O–H groups in total. The maximum Gasteiger partial charge on any atom is 0.319 e. The Morgan fingerprint density at radius 2 is 1.03 bits per heavy atom. The van der Waals surface area contributed by atoms with Crippen LogP contribution in [0, 0.1) is 0 Å². The van der Waals surface area contributed by atoms with E-state index in [1.54, 1.807) is 0 Å². The first kappa shape index (κ1) is 29.2. The quantitative estimate of drug-likeness (QED) is 0.143. The van der Waals surface area contributed by atoms with Crippen molar-refractivity contribution in [2.45, 2.75) is 55.6 Å². The molecule has 0 radical (unpaired) electrons. The molecule has 0 bridgehead atoms. The molecule has 0 aliphatic rings. The fourth-order valence-corrected chi connectivity index (χ4v) is 3.48. The Hall–Kier alpha value is -2.06. The fraction of sp³-hybridized carbons (Fsp3) is 0.481. The number of rotatable bonds is 14. The van der Waals surface area contributed by atoms with Gasteiger partial charge in [0, 0.05) is 5.41 Å². The lowest BCUT2D eigenvalue weighted by atomic mass is 9.78. The third-order valence-corrected chi connectivity index (χ3v) is 7.62. The van der Waals surface area contributed by atoms with E-state index in [0.717, 1.165) is 22.6 Å². The van der Waals surface area contributed by atoms with E-state index in [1.807, 2.05) is 62.4 Å². The van der Waals surface area contributed by atoms with Crippen LogP contribution in [-0.4, -0.2) is 48.0 Å². The van der Waals surface area contributed by atoms with Gasteiger partial charge in [-0.2, -0.15) is 0 Å². The van der Waals surface area contributed by atoms with Gasteiger partial charge < -0.3 is 18.9 Å². The molecule has 35 heavy (non-hydrogen) atoms. The molecule has 6 nitrogen and oxygen atoms in total. The van der Waals surface area contributed by atoms with Crippen LogP contribution in [0.25, 0.3) is 0 Å². The molecule has 0 fully saturated rings. The summed E-state index contributed by atoms with van der Waals surface area (Å²) in [5, 5.41) is 0. The molecular formula is C27H34Br2O6. The van der Waals surface area contributed by atoms with E-state index in [-0.39, 0.29) is 40.2 Å². The van der Waals surface area contributed by atoms with Crippen LogP contribution >= 0.6 is 31.9 Å². The smallest absolute Gasteiger partial charge is 0.319 e. The highest BCUT2D eigenvalue weighted by atomic mass is 79.9. The summed E-state index contributed by atoms with van der Waals surface area (Å²) in [6, 6.07) is 15.9. The third-order valence-electron chi connectivity index (χ3n) is 5.57. The van der Waals surface area contributed by atoms with Crippen molar-refractivity contribution in [3.05, 3.63) is 59.7 Å². The Bertz CT molecular complexity index is 852. The van der Waals surface area contributed by atoms with Crippen LogP contribution in [0.15, 0.2) is 48.5 Å². The average molecular weight is 614 g/mol. The van der Waals surface area contributed by atoms with Gasteiger partial charge in [-0.25, -0.2) is 0 Å². The largest absolute Gasteiger partial charge is 0.490 e. The second-order valence-electron chi connectivity index (χ2n) is 8.46. The van der Waals surface area contributed by atoms with Crippen molar-refractivity contribution in [1.29, 1.82) is 0 Å². The van der Waals surface area contributed by atoms with Gasteiger partial charge in [0.15, 0.2) is 0 Å². The number of ether oxygens (including phenoxy) is 4. The Kier molecular flexibility index (Phi) is 12.1. The molecule has 2 aromatic carbocycles. The van der Waals surface area contributed by atoms with Gasteiger partial charge in [-0.3, -0.25) is 9.59 Å². The summed E-state index contributed by atoms with van der Waals surface area (Å²) in [4.78, 5) is 22.8. The average Bonchev–Trinajstić information content (AvgIpc) is 2.88. The highest BCUT2D eigenvalue weighted by Gasteiger charge is 2.23. The summed E-state index contributed by atoms with van der Waals surface area (Å²) in [5.41, 5.74) is 2.06. The molecular weight excluding hydrogens is 580 g/mol. The lowest BCUT2D eigenvalue weighted by Crippen LogP contribution is -2.20. The first-order valence-corrected chi connectivity index (χ1v) is 13.6. The maximum absolute atomic E-state index is 11.7. The maximum atomic E-state index is 11.7. The Labute approximate surface area is 224 Å². The van der Waals surface area contributed by atoms with Crippen LogP contribution in [-0.2, 0) is 24.5 Å². The first-order chi connectivity index (χ1) is 16.7. The van der Waals surface area contributed by atoms with Gasteiger partial charge in [0.2, 0.25) is 0 Å². The van der Waals surface area contributed by atoms with Crippen LogP contribution in [0.2, 0.25) is 0 Å². The van der Waals surface area contributed by atoms with E-state index in [1.165, 1.54) is 0 Å². The van der Waals surface area contributed by atoms with Crippen molar-refractivity contribution in [3.63, 3.8) is 0 Å². The third kappa shape index (κ3) is 9.15. The summed E-state index contributed by atoms with van der Waals surface area (Å²) in [7, 11) is 0. The van der Waals surface area contributed by atoms with Crippen LogP contribution in [0.4, 0.5) is 0 Å². The molecule has 0 unspecified atom stereocenters. The number of hydrogen-bond acceptors (Lipinski definition) is 6. The van der Waals surface area contributed by atoms with Crippen molar-refractivity contribution in [3.8, 4) is 11.5 Å². The highest BCUT2D eigenvalue weighted by Crippen LogP contribution is 2.33. The lowest BCUT2D eigenvalue weighted by molar-refractivity contribution is -0.144. The zero-order valence-corrected chi connectivity index (χ0v) is 23.9. The minimum Gasteiger partial charge on any atom is -0.490 e. The van der Waals surface area contributed by atoms with E-state index in [0.29, 0.717) is 26.1 Å². The molecule has 0 heterocycles. The lowest BCUT2D eigenvalue weighted by Gasteiger charge is -2.26. The standard InChI is InChI=1S/C27H34Br2O6/c1-5-23(28)25(30)34-17-15-32-21-11-7-19(8-12-21)27(3,4)20-9-13-22(14-10-20)33-16-18-35-26(31)24(29)6-2/h7-14,23-24H,5-6,15-18H2,1-4H3/t23-,24+. The zero-order chi connectivity index (χ0) is 25.8. The molecule has 8 heteroatoms. The molecule has 0 saturated heterocycles. The number of halogens is 2. The number of carbonyl (C=O) groups excluding carboxylic acids is 2. The zero-order valence-electron chi connectivity index (χ0n) is 20.7. The first-order valence-electron chi connectivity index (χ1n) is 11.8. The Balaban J connectivity index is 1.84. The minimum absolute atomic E-state index is 0.209. The van der Waals surface area contributed by atoms with Crippen LogP contribution in [0.3, 0.4) is 0 Å². The fourth-order valence-electron chi connectivity index (χ4n) is 3.22. The van der Waals surface area contributed by atoms with Gasteiger partial charge in [-0.15, -0.1) is 0 Å². The van der Waals surface area contributed by atoms with Gasteiger partial charge in [0.25, 0.3) is 0 Å². The molecule has 0 amide bonds. The molecule has 2 aromatic rings. The molecule has 2 rings (SSSR count). The predicted molar refractivity (Wildman–Crippen MR) is 144 cm³/mol. The van der Waals surface area contributed by atoms with E-state index >= 15 is 0 Å². The topological polar surface area (TPSA) is 71.1 Å². The van der Waals surface area contributed by atoms with E-state index in [2.05, 4.69) is 45.7 Å². The molecule has 0 saturated carbocycles. The summed E-state index contributed by atoms with van der Waals surface area (Å²) < 4.78 is 21.7. The SMILES string of the molecule is CC[C@@H](Br)C(=O)OCCOc1ccc(C(C)(C)c2ccc(OCCOC(=O)[C@@H](Br)CC)cc2)cc1. The molecule has 2 atom stereocenters. The van der Waals surface area contributed by atoms with Crippen molar-refractivity contribution >= 4 is 43.8 Å². The molecule has 0 aromatic heterocycles. The van der Waals surface area contributed by atoms with Gasteiger partial charge in [0.05, 0.1) is 0 Å². The van der Waals surface area contributed by atoms with Crippen LogP contribution in [0.5, 0.6) is 11.5 Å². The summed E-state index contributed by atoms with van der Waals surface area (Å²) in [6.45, 7) is 9.16. The second kappa shape index (κ2) is 14.5. The van der Waals surface area contributed by atoms with E-state index < -0.39 is 0 Å². The number of alkyl halides is 2. The van der Waals surface area contributed by atoms with Gasteiger partial charge in [-0.1, -0.05) is 83.8 Å². The molecule has 0 aliphatic carbocycles. The van der Waals surface area contributed by atoms with Crippen LogP contribution < -0.4 is 9.47 Å². The van der Waals surface area contributed by atoms with Gasteiger partial charge >= 0.3 is 11.9 Å². The van der Waals surface area contributed by atoms with E-state index in [9.17, 15) is 9.59 Å². The van der Waals surface area contributed by atoms with Gasteiger partial charge in [0.1, 0.15) is 47.6 Å². The molecule has 192 valence electrons. The van der Waals surface area contributed by atoms with Gasteiger partial charge in [-0.05, 0) is 48.2 Å². The number of hydrogen-bond donors (Lipinski definition) is 0. The molecule has 0 aliphatic heterocycles. The highest BCUT2D eigenvalue weighted by molar-refractivity contribution is 9.10. The number of esters is 2. The summed E-state index contributed by atoms with van der Waals surface area (Å²) >= 11 is 6.55. The number of carbonyl (C=O) groups is 2. The second-order valence-corrected chi connectivity index (χ2v) is 10.7. The summed E-state index contributed by atoms with van der Waals surface area (Å²) in [6.07, 6.45) is 1.36. The minimum atomic E-state index is -0.276. The normalized spacial score (nSPS) is 13.0. The monoisotopic (exact) mass is 612 g/mol. The van der Waals surface area contributed by atoms with Crippen molar-refractivity contribution in [1.82, 2.24) is 0 Å². The van der Waals surface area contributed by atoms with Crippen molar-refractivity contribution in [2.24, 2.45) is 0 Å². The predicted octanol–water partition coefficient (Wildman–Crippen LogP) is 6.20. The Morgan fingerprint density at radius 1 is 0.686 bits per heavy atom. The van der Waals surface area contributed by atoms with E-state index in [4.69, 9.17) is 18.9 Å². The molecule has 0 spiro atoms. The summed E-state index contributed by atoms with van der Waals surface area (Å²) in [5.74, 6) is 0.905.